The third-order valence-corrected chi connectivity index (χ3v) is 3.17. The minimum absolute atomic E-state index is 0.722. The van der Waals surface area contributed by atoms with Crippen LogP contribution in [0.3, 0.4) is 0 Å². The lowest BCUT2D eigenvalue weighted by Gasteiger charge is -2.19. The molecule has 2 nitrogen and oxygen atoms in total. The molecule has 0 saturated carbocycles. The monoisotopic (exact) mass is 228 g/mol. The van der Waals surface area contributed by atoms with Crippen molar-refractivity contribution in [2.24, 2.45) is 0 Å². The molecule has 1 heterocycles. The Morgan fingerprint density at radius 1 is 1.31 bits per heavy atom. The minimum atomic E-state index is 0.722. The molecule has 0 radical (unpaired) electrons. The molecule has 0 N–H and O–H groups in total. The van der Waals surface area contributed by atoms with Gasteiger partial charge in [-0.2, -0.15) is 16.6 Å². The highest BCUT2D eigenvalue weighted by Gasteiger charge is 2.06. The van der Waals surface area contributed by atoms with Gasteiger partial charge in [-0.3, -0.25) is 0 Å². The molecule has 2 aromatic rings. The maximum atomic E-state index is 9.02. The third kappa shape index (κ3) is 2.23. The van der Waals surface area contributed by atoms with Crippen LogP contribution in [0, 0.1) is 11.3 Å². The zero-order valence-corrected chi connectivity index (χ0v) is 9.87. The predicted octanol–water partition coefficient (Wildman–Crippen LogP) is 3.26. The summed E-state index contributed by atoms with van der Waals surface area (Å²) in [6, 6.07) is 12.0. The molecule has 3 heteroatoms. The number of rotatable bonds is 3. The van der Waals surface area contributed by atoms with E-state index in [2.05, 4.69) is 27.8 Å². The maximum absolute atomic E-state index is 9.02. The van der Waals surface area contributed by atoms with E-state index in [4.69, 9.17) is 5.26 Å². The van der Waals surface area contributed by atoms with Gasteiger partial charge >= 0.3 is 0 Å². The van der Waals surface area contributed by atoms with Crippen LogP contribution in [0.2, 0.25) is 0 Å². The Bertz CT molecular complexity index is 497. The van der Waals surface area contributed by atoms with Crippen molar-refractivity contribution in [1.29, 1.82) is 5.26 Å². The fourth-order valence-electron chi connectivity index (χ4n) is 1.64. The molecule has 0 unspecified atom stereocenters. The molecule has 0 aliphatic heterocycles. The van der Waals surface area contributed by atoms with Gasteiger partial charge in [0.25, 0.3) is 0 Å². The van der Waals surface area contributed by atoms with E-state index in [-0.39, 0.29) is 0 Å². The Morgan fingerprint density at radius 3 is 2.81 bits per heavy atom. The summed E-state index contributed by atoms with van der Waals surface area (Å²) >= 11 is 1.70. The van der Waals surface area contributed by atoms with Gasteiger partial charge in [0.1, 0.15) is 6.07 Å². The molecular formula is C13H12N2S. The van der Waals surface area contributed by atoms with Crippen LogP contribution in [0.1, 0.15) is 11.1 Å². The first-order chi connectivity index (χ1) is 7.81. The van der Waals surface area contributed by atoms with E-state index in [9.17, 15) is 0 Å². The Labute approximate surface area is 99.4 Å². The van der Waals surface area contributed by atoms with Gasteiger partial charge in [-0.05, 0) is 34.5 Å². The average Bonchev–Trinajstić information content (AvgIpc) is 2.81. The smallest absolute Gasteiger partial charge is 0.101 e. The summed E-state index contributed by atoms with van der Waals surface area (Å²) in [6.45, 7) is 0.836. The molecule has 80 valence electrons. The number of hydrogen-bond donors (Lipinski definition) is 0. The molecule has 0 spiro atoms. The van der Waals surface area contributed by atoms with Gasteiger partial charge in [-0.1, -0.05) is 12.1 Å². The maximum Gasteiger partial charge on any atom is 0.101 e. The van der Waals surface area contributed by atoms with E-state index in [1.54, 1.807) is 11.3 Å². The molecule has 16 heavy (non-hydrogen) atoms. The van der Waals surface area contributed by atoms with Crippen LogP contribution in [0.4, 0.5) is 5.69 Å². The van der Waals surface area contributed by atoms with Crippen LogP contribution in [-0.4, -0.2) is 7.05 Å². The second-order valence-corrected chi connectivity index (χ2v) is 4.40. The first-order valence-corrected chi connectivity index (χ1v) is 5.97. The lowest BCUT2D eigenvalue weighted by Crippen LogP contribution is -2.16. The summed E-state index contributed by atoms with van der Waals surface area (Å²) in [5.41, 5.74) is 2.98. The number of hydrogen-bond acceptors (Lipinski definition) is 3. The zero-order chi connectivity index (χ0) is 11.4. The lowest BCUT2D eigenvalue weighted by molar-refractivity contribution is 0.925. The molecule has 0 saturated heterocycles. The molecule has 0 amide bonds. The standard InChI is InChI=1S/C13H12N2S/c1-15(9-11-6-7-16-10-11)13-5-3-2-4-12(13)8-14/h2-7,10H,9H2,1H3. The van der Waals surface area contributed by atoms with Gasteiger partial charge < -0.3 is 4.90 Å². The summed E-state index contributed by atoms with van der Waals surface area (Å²) in [6.07, 6.45) is 0. The molecule has 1 aromatic carbocycles. The van der Waals surface area contributed by atoms with Crippen molar-refractivity contribution in [2.75, 3.05) is 11.9 Å². The fourth-order valence-corrected chi connectivity index (χ4v) is 2.30. The van der Waals surface area contributed by atoms with Crippen molar-refractivity contribution in [3.8, 4) is 6.07 Å². The van der Waals surface area contributed by atoms with E-state index in [1.807, 2.05) is 31.3 Å². The fraction of sp³-hybridized carbons (Fsp3) is 0.154. The van der Waals surface area contributed by atoms with Gasteiger partial charge in [0.2, 0.25) is 0 Å². The highest BCUT2D eigenvalue weighted by Crippen LogP contribution is 2.20. The van der Waals surface area contributed by atoms with E-state index < -0.39 is 0 Å². The average molecular weight is 228 g/mol. The van der Waals surface area contributed by atoms with Crippen LogP contribution in [0.25, 0.3) is 0 Å². The second kappa shape index (κ2) is 4.82. The third-order valence-electron chi connectivity index (χ3n) is 2.44. The molecular weight excluding hydrogens is 216 g/mol. The number of nitrogens with zero attached hydrogens (tertiary/aromatic N) is 2. The number of thiophene rings is 1. The summed E-state index contributed by atoms with van der Waals surface area (Å²) < 4.78 is 0. The van der Waals surface area contributed by atoms with Crippen LogP contribution in [0.15, 0.2) is 41.1 Å². The summed E-state index contributed by atoms with van der Waals surface area (Å²) in [5.74, 6) is 0. The van der Waals surface area contributed by atoms with Gasteiger partial charge in [0.05, 0.1) is 11.3 Å². The summed E-state index contributed by atoms with van der Waals surface area (Å²) in [5, 5.41) is 13.2. The second-order valence-electron chi connectivity index (χ2n) is 3.62. The van der Waals surface area contributed by atoms with Gasteiger partial charge in [0, 0.05) is 13.6 Å². The first-order valence-electron chi connectivity index (χ1n) is 5.02. The quantitative estimate of drug-likeness (QED) is 0.806. The van der Waals surface area contributed by atoms with Gasteiger partial charge in [-0.15, -0.1) is 0 Å². The molecule has 0 aliphatic rings. The van der Waals surface area contributed by atoms with Crippen molar-refractivity contribution in [3.63, 3.8) is 0 Å². The molecule has 2 rings (SSSR count). The van der Waals surface area contributed by atoms with Crippen molar-refractivity contribution < 1.29 is 0 Å². The number of benzene rings is 1. The Morgan fingerprint density at radius 2 is 2.12 bits per heavy atom. The van der Waals surface area contributed by atoms with E-state index in [0.717, 1.165) is 17.8 Å². The van der Waals surface area contributed by atoms with Crippen LogP contribution in [0.5, 0.6) is 0 Å². The van der Waals surface area contributed by atoms with Crippen molar-refractivity contribution >= 4 is 17.0 Å². The summed E-state index contributed by atoms with van der Waals surface area (Å²) in [4.78, 5) is 2.10. The Hall–Kier alpha value is -1.79. The summed E-state index contributed by atoms with van der Waals surface area (Å²) in [7, 11) is 2.01. The zero-order valence-electron chi connectivity index (χ0n) is 9.05. The topological polar surface area (TPSA) is 27.0 Å². The van der Waals surface area contributed by atoms with E-state index in [0.29, 0.717) is 0 Å². The molecule has 0 aliphatic carbocycles. The van der Waals surface area contributed by atoms with Gasteiger partial charge in [0.15, 0.2) is 0 Å². The van der Waals surface area contributed by atoms with Crippen molar-refractivity contribution in [2.45, 2.75) is 6.54 Å². The Kier molecular flexibility index (Phi) is 3.23. The Balaban J connectivity index is 2.21. The van der Waals surface area contributed by atoms with Crippen LogP contribution >= 0.6 is 11.3 Å². The van der Waals surface area contributed by atoms with E-state index >= 15 is 0 Å². The lowest BCUT2D eigenvalue weighted by atomic mass is 10.1. The predicted molar refractivity (Wildman–Crippen MR) is 67.6 cm³/mol. The first kappa shape index (κ1) is 10.7. The minimum Gasteiger partial charge on any atom is -0.369 e. The number of anilines is 1. The van der Waals surface area contributed by atoms with E-state index in [1.165, 1.54) is 5.56 Å². The normalized spacial score (nSPS) is 9.75. The van der Waals surface area contributed by atoms with Crippen LogP contribution in [-0.2, 0) is 6.54 Å². The molecule has 0 bridgehead atoms. The number of nitriles is 1. The van der Waals surface area contributed by atoms with Crippen LogP contribution < -0.4 is 4.90 Å². The highest BCUT2D eigenvalue weighted by molar-refractivity contribution is 7.07. The number of para-hydroxylation sites is 1. The van der Waals surface area contributed by atoms with Crippen molar-refractivity contribution in [1.82, 2.24) is 0 Å². The highest BCUT2D eigenvalue weighted by atomic mass is 32.1. The van der Waals surface area contributed by atoms with Crippen molar-refractivity contribution in [3.05, 3.63) is 52.2 Å². The van der Waals surface area contributed by atoms with Gasteiger partial charge in [-0.25, -0.2) is 0 Å². The SMILES string of the molecule is CN(Cc1ccsc1)c1ccccc1C#N. The largest absolute Gasteiger partial charge is 0.369 e. The molecule has 0 atom stereocenters. The molecule has 1 aromatic heterocycles. The molecule has 0 fully saturated rings.